The van der Waals surface area contributed by atoms with E-state index < -0.39 is 10.0 Å². The quantitative estimate of drug-likeness (QED) is 0.631. The van der Waals surface area contributed by atoms with Crippen molar-refractivity contribution in [3.8, 4) is 0 Å². The molecule has 0 saturated carbocycles. The lowest BCUT2D eigenvalue weighted by atomic mass is 10.2. The van der Waals surface area contributed by atoms with Crippen LogP contribution in [0.1, 0.15) is 32.4 Å². The highest BCUT2D eigenvalue weighted by Crippen LogP contribution is 2.07. The molecular formula is C13H22N4O3S. The molecule has 21 heavy (non-hydrogen) atoms. The van der Waals surface area contributed by atoms with E-state index in [0.29, 0.717) is 5.69 Å². The molecule has 8 heteroatoms. The lowest BCUT2D eigenvalue weighted by Gasteiger charge is -2.11. The number of sulfonamides is 1. The molecule has 1 unspecified atom stereocenters. The van der Waals surface area contributed by atoms with Gasteiger partial charge in [-0.3, -0.25) is 9.78 Å². The molecule has 118 valence electrons. The predicted molar refractivity (Wildman–Crippen MR) is 79.8 cm³/mol. The SMILES string of the molecule is CCC(C)NC(=O)CCNS(=O)(=O)c1ccc(CN)nc1. The number of pyridine rings is 1. The molecule has 0 aliphatic heterocycles. The molecule has 1 aromatic heterocycles. The summed E-state index contributed by atoms with van der Waals surface area (Å²) < 4.78 is 26.3. The van der Waals surface area contributed by atoms with Crippen molar-refractivity contribution in [1.29, 1.82) is 0 Å². The molecule has 0 saturated heterocycles. The van der Waals surface area contributed by atoms with Gasteiger partial charge in [-0.15, -0.1) is 0 Å². The maximum absolute atomic E-state index is 12.0. The van der Waals surface area contributed by atoms with Gasteiger partial charge in [0, 0.05) is 31.7 Å². The Morgan fingerprint density at radius 1 is 1.43 bits per heavy atom. The first-order chi connectivity index (χ1) is 9.89. The fraction of sp³-hybridized carbons (Fsp3) is 0.538. The molecule has 0 bridgehead atoms. The minimum absolute atomic E-state index is 0.0449. The van der Waals surface area contributed by atoms with Gasteiger partial charge in [0.1, 0.15) is 4.90 Å². The van der Waals surface area contributed by atoms with Crippen molar-refractivity contribution in [3.63, 3.8) is 0 Å². The van der Waals surface area contributed by atoms with E-state index in [1.807, 2.05) is 13.8 Å². The number of hydrogen-bond acceptors (Lipinski definition) is 5. The Balaban J connectivity index is 2.51. The van der Waals surface area contributed by atoms with Crippen LogP contribution < -0.4 is 15.8 Å². The van der Waals surface area contributed by atoms with E-state index in [1.54, 1.807) is 6.07 Å². The van der Waals surface area contributed by atoms with Crippen molar-refractivity contribution in [2.75, 3.05) is 6.54 Å². The van der Waals surface area contributed by atoms with Gasteiger partial charge in [-0.1, -0.05) is 6.92 Å². The van der Waals surface area contributed by atoms with Crippen LogP contribution >= 0.6 is 0 Å². The molecule has 1 aromatic rings. The number of amides is 1. The van der Waals surface area contributed by atoms with Crippen molar-refractivity contribution in [2.45, 2.75) is 44.2 Å². The summed E-state index contributed by atoms with van der Waals surface area (Å²) in [4.78, 5) is 15.5. The Kier molecular flexibility index (Phi) is 6.73. The zero-order chi connectivity index (χ0) is 15.9. The minimum Gasteiger partial charge on any atom is -0.354 e. The van der Waals surface area contributed by atoms with E-state index in [4.69, 9.17) is 5.73 Å². The molecular weight excluding hydrogens is 292 g/mol. The zero-order valence-electron chi connectivity index (χ0n) is 12.3. The summed E-state index contributed by atoms with van der Waals surface area (Å²) in [6.45, 7) is 4.16. The van der Waals surface area contributed by atoms with E-state index in [0.717, 1.165) is 6.42 Å². The van der Waals surface area contributed by atoms with Crippen molar-refractivity contribution >= 4 is 15.9 Å². The second-order valence-corrected chi connectivity index (χ2v) is 6.48. The summed E-state index contributed by atoms with van der Waals surface area (Å²) in [6, 6.07) is 3.09. The van der Waals surface area contributed by atoms with E-state index in [9.17, 15) is 13.2 Å². The Bertz CT molecular complexity index is 557. The van der Waals surface area contributed by atoms with Gasteiger partial charge in [0.15, 0.2) is 0 Å². The monoisotopic (exact) mass is 314 g/mol. The van der Waals surface area contributed by atoms with Crippen LogP contribution in [0.5, 0.6) is 0 Å². The van der Waals surface area contributed by atoms with Gasteiger partial charge < -0.3 is 11.1 Å². The van der Waals surface area contributed by atoms with Gasteiger partial charge in [-0.2, -0.15) is 0 Å². The number of rotatable bonds is 8. The van der Waals surface area contributed by atoms with Gasteiger partial charge >= 0.3 is 0 Å². The lowest BCUT2D eigenvalue weighted by molar-refractivity contribution is -0.121. The van der Waals surface area contributed by atoms with Crippen molar-refractivity contribution in [2.24, 2.45) is 5.73 Å². The van der Waals surface area contributed by atoms with Crippen LogP contribution in [0.2, 0.25) is 0 Å². The third-order valence-electron chi connectivity index (χ3n) is 2.98. The fourth-order valence-electron chi connectivity index (χ4n) is 1.52. The number of nitrogens with zero attached hydrogens (tertiary/aromatic N) is 1. The number of carbonyl (C=O) groups excluding carboxylic acids is 1. The molecule has 1 amide bonds. The summed E-state index contributed by atoms with van der Waals surface area (Å²) >= 11 is 0. The molecule has 0 spiro atoms. The molecule has 7 nitrogen and oxygen atoms in total. The van der Waals surface area contributed by atoms with Gasteiger partial charge in [0.25, 0.3) is 0 Å². The number of aromatic nitrogens is 1. The van der Waals surface area contributed by atoms with Gasteiger partial charge in [0.05, 0.1) is 5.69 Å². The Morgan fingerprint density at radius 2 is 2.14 bits per heavy atom. The predicted octanol–water partition coefficient (Wildman–Crippen LogP) is 0.123. The van der Waals surface area contributed by atoms with Crippen LogP contribution in [0.15, 0.2) is 23.2 Å². The van der Waals surface area contributed by atoms with Crippen LogP contribution in [-0.4, -0.2) is 31.9 Å². The summed E-state index contributed by atoms with van der Waals surface area (Å²) in [5.74, 6) is -0.177. The summed E-state index contributed by atoms with van der Waals surface area (Å²) in [5.41, 5.74) is 6.01. The Morgan fingerprint density at radius 3 is 2.67 bits per heavy atom. The highest BCUT2D eigenvalue weighted by Gasteiger charge is 2.15. The Labute approximate surface area is 125 Å². The average Bonchev–Trinajstić information content (AvgIpc) is 2.46. The zero-order valence-corrected chi connectivity index (χ0v) is 13.1. The molecule has 1 rings (SSSR count). The highest BCUT2D eigenvalue weighted by atomic mass is 32.2. The van der Waals surface area contributed by atoms with Gasteiger partial charge in [0.2, 0.25) is 15.9 Å². The largest absolute Gasteiger partial charge is 0.354 e. The molecule has 1 atom stereocenters. The fourth-order valence-corrected chi connectivity index (χ4v) is 2.50. The van der Waals surface area contributed by atoms with Crippen LogP contribution in [0.25, 0.3) is 0 Å². The maximum atomic E-state index is 12.0. The van der Waals surface area contributed by atoms with Gasteiger partial charge in [-0.05, 0) is 25.5 Å². The third-order valence-corrected chi connectivity index (χ3v) is 4.43. The average molecular weight is 314 g/mol. The maximum Gasteiger partial charge on any atom is 0.242 e. The number of carbonyl (C=O) groups is 1. The molecule has 0 fully saturated rings. The number of nitrogens with two attached hydrogens (primary N) is 1. The molecule has 1 heterocycles. The minimum atomic E-state index is -3.65. The molecule has 4 N–H and O–H groups in total. The van der Waals surface area contributed by atoms with E-state index in [1.165, 1.54) is 12.3 Å². The van der Waals surface area contributed by atoms with E-state index in [2.05, 4.69) is 15.0 Å². The molecule has 0 aliphatic carbocycles. The summed E-state index contributed by atoms with van der Waals surface area (Å²) in [6.07, 6.45) is 2.18. The third kappa shape index (κ3) is 5.78. The van der Waals surface area contributed by atoms with Crippen molar-refractivity contribution in [3.05, 3.63) is 24.0 Å². The standard InChI is InChI=1S/C13H22N4O3S/c1-3-10(2)17-13(18)6-7-16-21(19,20)12-5-4-11(8-14)15-9-12/h4-5,9-10,16H,3,6-8,14H2,1-2H3,(H,17,18). The first-order valence-electron chi connectivity index (χ1n) is 6.83. The van der Waals surface area contributed by atoms with Crippen molar-refractivity contribution in [1.82, 2.24) is 15.0 Å². The molecule has 0 aliphatic rings. The highest BCUT2D eigenvalue weighted by molar-refractivity contribution is 7.89. The van der Waals surface area contributed by atoms with Gasteiger partial charge in [-0.25, -0.2) is 13.1 Å². The van der Waals surface area contributed by atoms with Crippen LogP contribution in [-0.2, 0) is 21.4 Å². The normalized spacial score (nSPS) is 12.9. The Hall–Kier alpha value is -1.51. The smallest absolute Gasteiger partial charge is 0.242 e. The van der Waals surface area contributed by atoms with E-state index in [-0.39, 0.29) is 36.4 Å². The van der Waals surface area contributed by atoms with Crippen LogP contribution in [0.3, 0.4) is 0 Å². The summed E-state index contributed by atoms with van der Waals surface area (Å²) in [7, 11) is -3.65. The molecule has 0 radical (unpaired) electrons. The number of nitrogens with one attached hydrogen (secondary N) is 2. The first kappa shape index (κ1) is 17.5. The van der Waals surface area contributed by atoms with Crippen molar-refractivity contribution < 1.29 is 13.2 Å². The first-order valence-corrected chi connectivity index (χ1v) is 8.31. The lowest BCUT2D eigenvalue weighted by Crippen LogP contribution is -2.35. The van der Waals surface area contributed by atoms with Crippen LogP contribution in [0, 0.1) is 0 Å². The second kappa shape index (κ2) is 8.06. The summed E-state index contributed by atoms with van der Waals surface area (Å²) in [5, 5.41) is 2.77. The van der Waals surface area contributed by atoms with E-state index >= 15 is 0 Å². The number of hydrogen-bond donors (Lipinski definition) is 3. The molecule has 0 aromatic carbocycles. The topological polar surface area (TPSA) is 114 Å². The van der Waals surface area contributed by atoms with Crippen LogP contribution in [0.4, 0.5) is 0 Å². The second-order valence-electron chi connectivity index (χ2n) is 4.71.